The molecule has 0 bridgehead atoms. The largest absolute Gasteiger partial charge is 0.416 e. The van der Waals surface area contributed by atoms with Crippen LogP contribution in [0.25, 0.3) is 11.3 Å². The van der Waals surface area contributed by atoms with Gasteiger partial charge in [0, 0.05) is 37.1 Å². The Morgan fingerprint density at radius 2 is 1.70 bits per heavy atom. The van der Waals surface area contributed by atoms with Crippen LogP contribution < -0.4 is 5.32 Å². The van der Waals surface area contributed by atoms with Gasteiger partial charge in [0.1, 0.15) is 0 Å². The number of hydrogen-bond donors (Lipinski definition) is 1. The number of pyridine rings is 1. The fourth-order valence-corrected chi connectivity index (χ4v) is 2.75. The van der Waals surface area contributed by atoms with E-state index < -0.39 is 35.0 Å². The number of hydrogen-bond acceptors (Lipinski definition) is 3. The molecule has 5 nitrogen and oxygen atoms in total. The van der Waals surface area contributed by atoms with Crippen molar-refractivity contribution in [1.29, 1.82) is 0 Å². The molecule has 0 unspecified atom stereocenters. The summed E-state index contributed by atoms with van der Waals surface area (Å²) in [5.74, 6) is -1.08. The van der Waals surface area contributed by atoms with Crippen LogP contribution in [0.2, 0.25) is 0 Å². The predicted molar refractivity (Wildman–Crippen MR) is 94.1 cm³/mol. The first-order valence-corrected chi connectivity index (χ1v) is 8.46. The number of benzene rings is 1. The molecule has 1 amide bonds. The number of amides is 1. The fraction of sp³-hybridized carbons (Fsp3) is 0.211. The van der Waals surface area contributed by atoms with Crippen molar-refractivity contribution in [1.82, 2.24) is 20.1 Å². The number of carbonyl (C=O) groups excluding carboxylic acids is 1. The first kappa shape index (κ1) is 21.3. The Kier molecular flexibility index (Phi) is 5.55. The molecule has 0 saturated heterocycles. The molecule has 2 aromatic heterocycles. The summed E-state index contributed by atoms with van der Waals surface area (Å²) in [4.78, 5) is 16.5. The first-order chi connectivity index (χ1) is 13.9. The average molecular weight is 428 g/mol. The van der Waals surface area contributed by atoms with Crippen molar-refractivity contribution < 1.29 is 31.1 Å². The number of nitrogens with zero attached hydrogens (tertiary/aromatic N) is 3. The molecule has 0 aliphatic rings. The first-order valence-electron chi connectivity index (χ1n) is 8.46. The highest BCUT2D eigenvalue weighted by Crippen LogP contribution is 2.36. The maximum absolute atomic E-state index is 13.0. The Morgan fingerprint density at radius 1 is 1.07 bits per heavy atom. The van der Waals surface area contributed by atoms with Gasteiger partial charge in [-0.2, -0.15) is 31.4 Å². The van der Waals surface area contributed by atoms with Crippen molar-refractivity contribution in [2.24, 2.45) is 7.05 Å². The van der Waals surface area contributed by atoms with Gasteiger partial charge in [-0.3, -0.25) is 14.5 Å². The molecule has 0 aliphatic carbocycles. The van der Waals surface area contributed by atoms with E-state index in [1.807, 2.05) is 0 Å². The molecule has 0 atom stereocenters. The highest BCUT2D eigenvalue weighted by molar-refractivity contribution is 5.94. The van der Waals surface area contributed by atoms with E-state index in [0.29, 0.717) is 29.0 Å². The average Bonchev–Trinajstić information content (AvgIpc) is 3.10. The number of aryl methyl sites for hydroxylation is 1. The molecule has 2 heterocycles. The fourth-order valence-electron chi connectivity index (χ4n) is 2.75. The van der Waals surface area contributed by atoms with Crippen LogP contribution in [0.15, 0.2) is 48.9 Å². The smallest absolute Gasteiger partial charge is 0.348 e. The zero-order valence-electron chi connectivity index (χ0n) is 15.3. The van der Waals surface area contributed by atoms with Crippen LogP contribution in [-0.2, 0) is 25.9 Å². The van der Waals surface area contributed by atoms with Gasteiger partial charge in [-0.25, -0.2) is 0 Å². The summed E-state index contributed by atoms with van der Waals surface area (Å²) in [5, 5.41) is 6.37. The van der Waals surface area contributed by atoms with Gasteiger partial charge < -0.3 is 5.32 Å². The minimum Gasteiger partial charge on any atom is -0.348 e. The van der Waals surface area contributed by atoms with Crippen molar-refractivity contribution in [3.8, 4) is 11.3 Å². The molecule has 0 spiro atoms. The van der Waals surface area contributed by atoms with E-state index in [4.69, 9.17) is 0 Å². The third-order valence-electron chi connectivity index (χ3n) is 4.16. The van der Waals surface area contributed by atoms with Gasteiger partial charge >= 0.3 is 12.4 Å². The number of carbonyl (C=O) groups is 1. The van der Waals surface area contributed by atoms with Gasteiger partial charge in [0.05, 0.1) is 23.0 Å². The molecule has 3 rings (SSSR count). The monoisotopic (exact) mass is 428 g/mol. The molecule has 1 aromatic carbocycles. The van der Waals surface area contributed by atoms with E-state index in [1.54, 1.807) is 25.4 Å². The summed E-state index contributed by atoms with van der Waals surface area (Å²) < 4.78 is 79.4. The number of alkyl halides is 6. The number of halogens is 6. The Hall–Kier alpha value is -3.37. The van der Waals surface area contributed by atoms with Gasteiger partial charge in [0.25, 0.3) is 5.91 Å². The van der Waals surface area contributed by atoms with Crippen LogP contribution in [0.1, 0.15) is 27.0 Å². The second-order valence-electron chi connectivity index (χ2n) is 6.39. The second kappa shape index (κ2) is 7.81. The Bertz CT molecular complexity index is 1040. The normalized spacial score (nSPS) is 12.1. The van der Waals surface area contributed by atoms with Crippen molar-refractivity contribution >= 4 is 5.91 Å². The van der Waals surface area contributed by atoms with Crippen molar-refractivity contribution in [3.05, 3.63) is 71.2 Å². The number of aromatic nitrogens is 3. The zero-order valence-corrected chi connectivity index (χ0v) is 15.3. The lowest BCUT2D eigenvalue weighted by atomic mass is 10.0. The maximum atomic E-state index is 13.0. The summed E-state index contributed by atoms with van der Waals surface area (Å²) in [6.45, 7) is -0.158. The van der Waals surface area contributed by atoms with Crippen molar-refractivity contribution in [2.45, 2.75) is 18.9 Å². The van der Waals surface area contributed by atoms with Gasteiger partial charge in [0.2, 0.25) is 0 Å². The van der Waals surface area contributed by atoms with Gasteiger partial charge in [0.15, 0.2) is 0 Å². The van der Waals surface area contributed by atoms with E-state index in [2.05, 4.69) is 15.4 Å². The number of rotatable bonds is 4. The van der Waals surface area contributed by atoms with E-state index in [9.17, 15) is 31.1 Å². The molecule has 0 saturated carbocycles. The SMILES string of the molecule is Cn1cc(-c2ncccc2CNC(=O)c2cc(C(F)(F)F)cc(C(F)(F)F)c2)cn1. The van der Waals surface area contributed by atoms with Crippen molar-refractivity contribution in [2.75, 3.05) is 0 Å². The lowest BCUT2D eigenvalue weighted by Gasteiger charge is -2.14. The minimum atomic E-state index is -5.03. The minimum absolute atomic E-state index is 0.0294. The van der Waals surface area contributed by atoms with Crippen LogP contribution in [0.5, 0.6) is 0 Å². The standard InChI is InChI=1S/C19H14F6N4O/c1-29-10-13(9-28-29)16-11(3-2-4-26-16)8-27-17(30)12-5-14(18(20,21)22)7-15(6-12)19(23,24)25/h2-7,9-10H,8H2,1H3,(H,27,30). The molecule has 30 heavy (non-hydrogen) atoms. The predicted octanol–water partition coefficient (Wildman–Crippen LogP) is 4.45. The van der Waals surface area contributed by atoms with E-state index >= 15 is 0 Å². The molecule has 0 fully saturated rings. The molecule has 11 heteroatoms. The Morgan fingerprint density at radius 3 is 2.23 bits per heavy atom. The summed E-state index contributed by atoms with van der Waals surface area (Å²) >= 11 is 0. The molecule has 0 aliphatic heterocycles. The van der Waals surface area contributed by atoms with Crippen LogP contribution in [-0.4, -0.2) is 20.7 Å². The summed E-state index contributed by atoms with van der Waals surface area (Å²) in [5.41, 5.74) is -2.22. The van der Waals surface area contributed by atoms with Gasteiger partial charge in [-0.1, -0.05) is 6.07 Å². The molecule has 158 valence electrons. The van der Waals surface area contributed by atoms with Crippen molar-refractivity contribution in [3.63, 3.8) is 0 Å². The molecule has 1 N–H and O–H groups in total. The van der Waals surface area contributed by atoms with Gasteiger partial charge in [-0.05, 0) is 29.8 Å². The quantitative estimate of drug-likeness (QED) is 0.625. The zero-order chi connectivity index (χ0) is 22.1. The van der Waals surface area contributed by atoms with Gasteiger partial charge in [-0.15, -0.1) is 0 Å². The molecular weight excluding hydrogens is 414 g/mol. The Labute approximate surface area is 166 Å². The maximum Gasteiger partial charge on any atom is 0.416 e. The summed E-state index contributed by atoms with van der Waals surface area (Å²) in [7, 11) is 1.69. The Balaban J connectivity index is 1.87. The summed E-state index contributed by atoms with van der Waals surface area (Å²) in [6.07, 6.45) is -5.34. The summed E-state index contributed by atoms with van der Waals surface area (Å²) in [6, 6.07) is 3.96. The third-order valence-corrected chi connectivity index (χ3v) is 4.16. The molecule has 0 radical (unpaired) electrons. The highest BCUT2D eigenvalue weighted by Gasteiger charge is 2.37. The van der Waals surface area contributed by atoms with E-state index in [-0.39, 0.29) is 12.6 Å². The van der Waals surface area contributed by atoms with Crippen LogP contribution in [0.3, 0.4) is 0 Å². The molecular formula is C19H14F6N4O. The van der Waals surface area contributed by atoms with E-state index in [1.165, 1.54) is 17.1 Å². The third kappa shape index (κ3) is 4.78. The lowest BCUT2D eigenvalue weighted by Crippen LogP contribution is -2.24. The van der Waals surface area contributed by atoms with Crippen LogP contribution in [0.4, 0.5) is 26.3 Å². The lowest BCUT2D eigenvalue weighted by molar-refractivity contribution is -0.143. The highest BCUT2D eigenvalue weighted by atomic mass is 19.4. The molecule has 3 aromatic rings. The number of nitrogens with one attached hydrogen (secondary N) is 1. The topological polar surface area (TPSA) is 59.8 Å². The van der Waals surface area contributed by atoms with Crippen LogP contribution >= 0.6 is 0 Å². The second-order valence-corrected chi connectivity index (χ2v) is 6.39. The van der Waals surface area contributed by atoms with E-state index in [0.717, 1.165) is 0 Å². The van der Waals surface area contributed by atoms with Crippen LogP contribution in [0, 0.1) is 0 Å².